The number of nitrogen functional groups attached to an aromatic ring is 1. The smallest absolute Gasteiger partial charge is 0.368 e. The normalized spacial score (nSPS) is 18.1. The quantitative estimate of drug-likeness (QED) is 0.876. The van der Waals surface area contributed by atoms with E-state index in [0.717, 1.165) is 35.9 Å². The Kier molecular flexibility index (Phi) is 3.72. The van der Waals surface area contributed by atoms with Gasteiger partial charge in [0.2, 0.25) is 5.95 Å². The molecule has 0 radical (unpaired) electrons. The molecular weight excluding hydrogens is 313 g/mol. The number of alkyl halides is 3. The molecule has 2 aromatic rings. The van der Waals surface area contributed by atoms with Crippen LogP contribution >= 0.6 is 11.3 Å². The van der Waals surface area contributed by atoms with Gasteiger partial charge in [-0.3, -0.25) is 0 Å². The minimum Gasteiger partial charge on any atom is -0.368 e. The second kappa shape index (κ2) is 5.42. The fourth-order valence-corrected chi connectivity index (χ4v) is 3.86. The standard InChI is InChI=1S/C14H15F3N4S/c1-7-5-8-10(3-2-4-11(8)22-7)20-12-9(14(15,16)17)6-19-13(18)21-12/h5-6,10H,2-4H2,1H3,(H3,18,19,20,21)/t10-/m1/s1. The Labute approximate surface area is 129 Å². The van der Waals surface area contributed by atoms with Crippen LogP contribution in [0.5, 0.6) is 0 Å². The maximum atomic E-state index is 13.1. The number of aromatic nitrogens is 2. The first-order valence-corrected chi connectivity index (χ1v) is 7.71. The van der Waals surface area contributed by atoms with E-state index in [-0.39, 0.29) is 17.8 Å². The molecule has 0 aliphatic heterocycles. The summed E-state index contributed by atoms with van der Waals surface area (Å²) in [6, 6.07) is 1.86. The lowest BCUT2D eigenvalue weighted by Crippen LogP contribution is -2.20. The number of hydrogen-bond acceptors (Lipinski definition) is 5. The van der Waals surface area contributed by atoms with E-state index in [0.29, 0.717) is 0 Å². The van der Waals surface area contributed by atoms with Crippen molar-refractivity contribution in [3.8, 4) is 0 Å². The molecule has 0 unspecified atom stereocenters. The van der Waals surface area contributed by atoms with Gasteiger partial charge in [-0.15, -0.1) is 11.3 Å². The average Bonchev–Trinajstić information content (AvgIpc) is 2.79. The molecule has 22 heavy (non-hydrogen) atoms. The topological polar surface area (TPSA) is 63.8 Å². The summed E-state index contributed by atoms with van der Waals surface area (Å²) in [6.07, 6.45) is -1.10. The van der Waals surface area contributed by atoms with E-state index in [2.05, 4.69) is 15.3 Å². The van der Waals surface area contributed by atoms with Crippen molar-refractivity contribution in [1.82, 2.24) is 9.97 Å². The third kappa shape index (κ3) is 2.87. The van der Waals surface area contributed by atoms with Crippen LogP contribution in [0.1, 0.15) is 39.8 Å². The molecule has 2 heterocycles. The second-order valence-corrected chi connectivity index (χ2v) is 6.65. The highest BCUT2D eigenvalue weighted by atomic mass is 32.1. The van der Waals surface area contributed by atoms with Crippen molar-refractivity contribution in [3.63, 3.8) is 0 Å². The molecule has 0 amide bonds. The molecule has 8 heteroatoms. The monoisotopic (exact) mass is 328 g/mol. The summed E-state index contributed by atoms with van der Waals surface area (Å²) in [5.74, 6) is -0.422. The van der Waals surface area contributed by atoms with E-state index >= 15 is 0 Å². The van der Waals surface area contributed by atoms with E-state index in [9.17, 15) is 13.2 Å². The number of thiophene rings is 1. The lowest BCUT2D eigenvalue weighted by Gasteiger charge is -2.25. The van der Waals surface area contributed by atoms with Crippen LogP contribution in [-0.4, -0.2) is 9.97 Å². The predicted octanol–water partition coefficient (Wildman–Crippen LogP) is 3.94. The van der Waals surface area contributed by atoms with Crippen molar-refractivity contribution in [2.24, 2.45) is 0 Å². The van der Waals surface area contributed by atoms with Gasteiger partial charge in [0.25, 0.3) is 0 Å². The van der Waals surface area contributed by atoms with Crippen molar-refractivity contribution in [2.75, 3.05) is 11.1 Å². The molecule has 3 N–H and O–H groups in total. The van der Waals surface area contributed by atoms with Crippen molar-refractivity contribution >= 4 is 23.1 Å². The Morgan fingerprint density at radius 2 is 2.18 bits per heavy atom. The fraction of sp³-hybridized carbons (Fsp3) is 0.429. The Balaban J connectivity index is 1.96. The SMILES string of the molecule is Cc1cc2c(s1)CCC[C@H]2Nc1nc(N)ncc1C(F)(F)F. The first-order chi connectivity index (χ1) is 10.3. The molecule has 2 aromatic heterocycles. The molecule has 0 aromatic carbocycles. The van der Waals surface area contributed by atoms with Gasteiger partial charge in [0.15, 0.2) is 0 Å². The molecule has 3 rings (SSSR count). The summed E-state index contributed by atoms with van der Waals surface area (Å²) in [5, 5.41) is 2.92. The van der Waals surface area contributed by atoms with Gasteiger partial charge in [-0.1, -0.05) is 0 Å². The Morgan fingerprint density at radius 3 is 2.91 bits per heavy atom. The van der Waals surface area contributed by atoms with Crippen LogP contribution in [0, 0.1) is 6.92 Å². The largest absolute Gasteiger partial charge is 0.421 e. The van der Waals surface area contributed by atoms with Gasteiger partial charge in [0.05, 0.1) is 6.04 Å². The van der Waals surface area contributed by atoms with E-state index in [1.807, 2.05) is 13.0 Å². The van der Waals surface area contributed by atoms with Crippen molar-refractivity contribution in [3.05, 3.63) is 33.1 Å². The van der Waals surface area contributed by atoms with Gasteiger partial charge < -0.3 is 11.1 Å². The summed E-state index contributed by atoms with van der Waals surface area (Å²) in [4.78, 5) is 9.61. The third-order valence-corrected chi connectivity index (χ3v) is 4.79. The first kappa shape index (κ1) is 15.1. The molecule has 1 atom stereocenters. The summed E-state index contributed by atoms with van der Waals surface area (Å²) in [7, 11) is 0. The van der Waals surface area contributed by atoms with E-state index < -0.39 is 11.7 Å². The number of halogens is 3. The molecule has 0 saturated carbocycles. The van der Waals surface area contributed by atoms with E-state index in [1.165, 1.54) is 4.88 Å². The van der Waals surface area contributed by atoms with Gasteiger partial charge >= 0.3 is 6.18 Å². The second-order valence-electron chi connectivity index (χ2n) is 5.31. The number of hydrogen-bond donors (Lipinski definition) is 2. The highest BCUT2D eigenvalue weighted by molar-refractivity contribution is 7.12. The Bertz CT molecular complexity index is 696. The first-order valence-electron chi connectivity index (χ1n) is 6.90. The molecular formula is C14H15F3N4S. The zero-order valence-electron chi connectivity index (χ0n) is 11.9. The maximum Gasteiger partial charge on any atom is 0.421 e. The number of aryl methyl sites for hydroxylation is 2. The van der Waals surface area contributed by atoms with Gasteiger partial charge in [-0.2, -0.15) is 18.2 Å². The zero-order valence-corrected chi connectivity index (χ0v) is 12.7. The molecule has 1 aliphatic rings. The summed E-state index contributed by atoms with van der Waals surface area (Å²) in [5.41, 5.74) is 5.63. The van der Waals surface area contributed by atoms with Crippen molar-refractivity contribution in [2.45, 2.75) is 38.4 Å². The minimum atomic E-state index is -4.52. The van der Waals surface area contributed by atoms with Gasteiger partial charge in [0.1, 0.15) is 11.4 Å². The lowest BCUT2D eigenvalue weighted by molar-refractivity contribution is -0.137. The van der Waals surface area contributed by atoms with E-state index in [1.54, 1.807) is 11.3 Å². The van der Waals surface area contributed by atoms with Crippen molar-refractivity contribution in [1.29, 1.82) is 0 Å². The molecule has 4 nitrogen and oxygen atoms in total. The summed E-state index contributed by atoms with van der Waals surface area (Å²) >= 11 is 1.70. The van der Waals surface area contributed by atoms with Crippen LogP contribution in [-0.2, 0) is 12.6 Å². The van der Waals surface area contributed by atoms with Crippen LogP contribution in [0.4, 0.5) is 24.9 Å². The van der Waals surface area contributed by atoms with Crippen LogP contribution in [0.3, 0.4) is 0 Å². The number of nitrogens with zero attached hydrogens (tertiary/aromatic N) is 2. The highest BCUT2D eigenvalue weighted by Crippen LogP contribution is 2.40. The molecule has 0 bridgehead atoms. The number of fused-ring (bicyclic) bond motifs is 1. The van der Waals surface area contributed by atoms with Gasteiger partial charge in [-0.25, -0.2) is 4.98 Å². The summed E-state index contributed by atoms with van der Waals surface area (Å²) < 4.78 is 39.2. The number of nitrogens with two attached hydrogens (primary N) is 1. The zero-order chi connectivity index (χ0) is 15.9. The maximum absolute atomic E-state index is 13.1. The Morgan fingerprint density at radius 1 is 1.41 bits per heavy atom. The summed E-state index contributed by atoms with van der Waals surface area (Å²) in [6.45, 7) is 2.00. The fourth-order valence-electron chi connectivity index (χ4n) is 2.72. The molecule has 1 aliphatic carbocycles. The van der Waals surface area contributed by atoms with Gasteiger partial charge in [0, 0.05) is 16.0 Å². The Hall–Kier alpha value is -1.83. The third-order valence-electron chi connectivity index (χ3n) is 3.66. The average molecular weight is 328 g/mol. The van der Waals surface area contributed by atoms with E-state index in [4.69, 9.17) is 5.73 Å². The van der Waals surface area contributed by atoms with Crippen molar-refractivity contribution < 1.29 is 13.2 Å². The van der Waals surface area contributed by atoms with Crippen LogP contribution in [0.15, 0.2) is 12.3 Å². The molecule has 0 spiro atoms. The number of rotatable bonds is 2. The molecule has 0 saturated heterocycles. The molecule has 118 valence electrons. The minimum absolute atomic E-state index is 0.173. The predicted molar refractivity (Wildman–Crippen MR) is 79.8 cm³/mol. The van der Waals surface area contributed by atoms with Crippen LogP contribution < -0.4 is 11.1 Å². The highest BCUT2D eigenvalue weighted by Gasteiger charge is 2.36. The lowest BCUT2D eigenvalue weighted by atomic mass is 9.93. The van der Waals surface area contributed by atoms with Crippen LogP contribution in [0.25, 0.3) is 0 Å². The van der Waals surface area contributed by atoms with Crippen LogP contribution in [0.2, 0.25) is 0 Å². The van der Waals surface area contributed by atoms with Gasteiger partial charge in [-0.05, 0) is 37.8 Å². The number of nitrogens with one attached hydrogen (secondary N) is 1. The molecule has 0 fully saturated rings. The number of anilines is 2.